The minimum absolute atomic E-state index is 0. The summed E-state index contributed by atoms with van der Waals surface area (Å²) in [5.41, 5.74) is 11.1. The largest absolute Gasteiger partial charge is 0.493 e. The van der Waals surface area contributed by atoms with Crippen LogP contribution in [0, 0.1) is 12.8 Å². The molecule has 3 aromatic rings. The van der Waals surface area contributed by atoms with Gasteiger partial charge < -0.3 is 10.5 Å². The molecule has 2 aromatic carbocycles. The normalized spacial score (nSPS) is 10.7. The van der Waals surface area contributed by atoms with Crippen molar-refractivity contribution in [2.24, 2.45) is 11.7 Å². The van der Waals surface area contributed by atoms with Crippen LogP contribution >= 0.6 is 12.4 Å². The predicted molar refractivity (Wildman–Crippen MR) is 114 cm³/mol. The lowest BCUT2D eigenvalue weighted by Crippen LogP contribution is -2.02. The van der Waals surface area contributed by atoms with Crippen molar-refractivity contribution in [3.8, 4) is 22.7 Å². The van der Waals surface area contributed by atoms with Crippen LogP contribution in [0.4, 0.5) is 0 Å². The van der Waals surface area contributed by atoms with Crippen LogP contribution in [0.15, 0.2) is 54.7 Å². The second-order valence-electron chi connectivity index (χ2n) is 7.00. The zero-order chi connectivity index (χ0) is 18.5. The molecule has 0 atom stereocenters. The van der Waals surface area contributed by atoms with Crippen molar-refractivity contribution in [2.45, 2.75) is 33.7 Å². The first kappa shape index (κ1) is 21.0. The number of ether oxygens (including phenoxy) is 1. The van der Waals surface area contributed by atoms with Gasteiger partial charge >= 0.3 is 0 Å². The Morgan fingerprint density at radius 2 is 1.85 bits per heavy atom. The van der Waals surface area contributed by atoms with Crippen LogP contribution in [0.2, 0.25) is 0 Å². The van der Waals surface area contributed by atoms with Crippen molar-refractivity contribution < 1.29 is 4.74 Å². The highest BCUT2D eigenvalue weighted by Crippen LogP contribution is 2.28. The molecule has 5 heteroatoms. The van der Waals surface area contributed by atoms with E-state index in [0.717, 1.165) is 46.8 Å². The Balaban J connectivity index is 0.00000261. The van der Waals surface area contributed by atoms with Crippen molar-refractivity contribution in [2.75, 3.05) is 6.61 Å². The molecule has 1 aromatic heterocycles. The van der Waals surface area contributed by atoms with Gasteiger partial charge in [-0.3, -0.25) is 0 Å². The molecule has 0 saturated heterocycles. The molecule has 0 radical (unpaired) electrons. The summed E-state index contributed by atoms with van der Waals surface area (Å²) in [5, 5.41) is 4.77. The van der Waals surface area contributed by atoms with Crippen LogP contribution in [0.5, 0.6) is 5.75 Å². The maximum atomic E-state index is 5.96. The van der Waals surface area contributed by atoms with Crippen molar-refractivity contribution in [3.63, 3.8) is 0 Å². The zero-order valence-corrected chi connectivity index (χ0v) is 17.0. The predicted octanol–water partition coefficient (Wildman–Crippen LogP) is 5.15. The van der Waals surface area contributed by atoms with Crippen LogP contribution in [-0.4, -0.2) is 16.4 Å². The number of hydrogen-bond donors (Lipinski definition) is 1. The number of benzene rings is 2. The van der Waals surface area contributed by atoms with Crippen LogP contribution in [0.1, 0.15) is 31.4 Å². The maximum absolute atomic E-state index is 5.96. The van der Waals surface area contributed by atoms with E-state index in [1.807, 2.05) is 47.3 Å². The Hall–Kier alpha value is -2.30. The fourth-order valence-corrected chi connectivity index (χ4v) is 2.88. The molecule has 0 aliphatic rings. The van der Waals surface area contributed by atoms with E-state index in [-0.39, 0.29) is 12.4 Å². The number of aromatic nitrogens is 2. The number of nitrogens with two attached hydrogens (primary N) is 1. The van der Waals surface area contributed by atoms with Gasteiger partial charge in [0.25, 0.3) is 0 Å². The second-order valence-corrected chi connectivity index (χ2v) is 7.00. The van der Waals surface area contributed by atoms with E-state index < -0.39 is 0 Å². The van der Waals surface area contributed by atoms with Gasteiger partial charge in [-0.15, -0.1) is 12.4 Å². The molecule has 2 N–H and O–H groups in total. The Bertz CT molecular complexity index is 859. The number of para-hydroxylation sites is 1. The standard InChI is InChI=1S/C22H27N3O.ClH/c1-16(2)11-12-26-21-10-9-18(13-17(21)3)22-19(14-23)15-25(24-22)20-7-5-4-6-8-20;/h4-10,13,15-16H,11-12,14,23H2,1-3H3;1H. The van der Waals surface area contributed by atoms with Crippen LogP contribution in [0.25, 0.3) is 16.9 Å². The molecule has 0 bridgehead atoms. The molecule has 0 unspecified atom stereocenters. The Morgan fingerprint density at radius 1 is 1.11 bits per heavy atom. The smallest absolute Gasteiger partial charge is 0.122 e. The molecule has 4 nitrogen and oxygen atoms in total. The van der Waals surface area contributed by atoms with Gasteiger partial charge in [-0.05, 0) is 55.2 Å². The topological polar surface area (TPSA) is 53.1 Å². The minimum Gasteiger partial charge on any atom is -0.493 e. The lowest BCUT2D eigenvalue weighted by Gasteiger charge is -2.11. The molecule has 0 saturated carbocycles. The van der Waals surface area contributed by atoms with Crippen LogP contribution in [-0.2, 0) is 6.54 Å². The lowest BCUT2D eigenvalue weighted by atomic mass is 10.0. The van der Waals surface area contributed by atoms with E-state index in [9.17, 15) is 0 Å². The summed E-state index contributed by atoms with van der Waals surface area (Å²) in [5.74, 6) is 1.58. The molecule has 0 spiro atoms. The highest BCUT2D eigenvalue weighted by Gasteiger charge is 2.12. The van der Waals surface area contributed by atoms with Crippen molar-refractivity contribution in [1.82, 2.24) is 9.78 Å². The summed E-state index contributed by atoms with van der Waals surface area (Å²) >= 11 is 0. The number of nitrogens with zero attached hydrogens (tertiary/aromatic N) is 2. The number of halogens is 1. The molecule has 3 rings (SSSR count). The first-order valence-corrected chi connectivity index (χ1v) is 9.16. The molecular weight excluding hydrogens is 358 g/mol. The highest BCUT2D eigenvalue weighted by atomic mass is 35.5. The van der Waals surface area contributed by atoms with Gasteiger partial charge in [-0.1, -0.05) is 32.0 Å². The van der Waals surface area contributed by atoms with Gasteiger partial charge in [0.1, 0.15) is 5.75 Å². The second kappa shape index (κ2) is 9.58. The first-order valence-electron chi connectivity index (χ1n) is 9.16. The van der Waals surface area contributed by atoms with Gasteiger partial charge in [0.05, 0.1) is 18.0 Å². The summed E-state index contributed by atoms with van der Waals surface area (Å²) in [6.45, 7) is 7.68. The monoisotopic (exact) mass is 385 g/mol. The highest BCUT2D eigenvalue weighted by molar-refractivity contribution is 5.85. The number of rotatable bonds is 7. The van der Waals surface area contributed by atoms with E-state index >= 15 is 0 Å². The van der Waals surface area contributed by atoms with Gasteiger partial charge in [0, 0.05) is 23.9 Å². The Labute approximate surface area is 167 Å². The fraction of sp³-hybridized carbons (Fsp3) is 0.318. The fourth-order valence-electron chi connectivity index (χ4n) is 2.88. The third kappa shape index (κ3) is 5.12. The SMILES string of the molecule is Cc1cc(-c2nn(-c3ccccc3)cc2CN)ccc1OCCC(C)C.Cl. The van der Waals surface area contributed by atoms with Crippen LogP contribution in [0.3, 0.4) is 0 Å². The number of hydrogen-bond acceptors (Lipinski definition) is 3. The van der Waals surface area contributed by atoms with E-state index in [1.54, 1.807) is 0 Å². The average Bonchev–Trinajstić information content (AvgIpc) is 3.08. The third-order valence-electron chi connectivity index (χ3n) is 4.43. The van der Waals surface area contributed by atoms with Gasteiger partial charge in [0.2, 0.25) is 0 Å². The Kier molecular flexibility index (Phi) is 7.45. The summed E-state index contributed by atoms with van der Waals surface area (Å²) in [7, 11) is 0. The molecule has 0 fully saturated rings. The summed E-state index contributed by atoms with van der Waals surface area (Å²) in [6, 6.07) is 16.3. The summed E-state index contributed by atoms with van der Waals surface area (Å²) < 4.78 is 7.81. The maximum Gasteiger partial charge on any atom is 0.122 e. The van der Waals surface area contributed by atoms with Crippen molar-refractivity contribution >= 4 is 12.4 Å². The quantitative estimate of drug-likeness (QED) is 0.611. The van der Waals surface area contributed by atoms with Crippen molar-refractivity contribution in [3.05, 3.63) is 65.9 Å². The van der Waals surface area contributed by atoms with Gasteiger partial charge in [0.15, 0.2) is 0 Å². The van der Waals surface area contributed by atoms with Crippen LogP contribution < -0.4 is 10.5 Å². The molecule has 0 aliphatic heterocycles. The molecule has 0 amide bonds. The third-order valence-corrected chi connectivity index (χ3v) is 4.43. The van der Waals surface area contributed by atoms with E-state index in [1.165, 1.54) is 0 Å². The lowest BCUT2D eigenvalue weighted by molar-refractivity contribution is 0.288. The molecule has 0 aliphatic carbocycles. The van der Waals surface area contributed by atoms with E-state index in [0.29, 0.717) is 12.5 Å². The summed E-state index contributed by atoms with van der Waals surface area (Å²) in [6.07, 6.45) is 3.06. The van der Waals surface area contributed by atoms with E-state index in [2.05, 4.69) is 32.9 Å². The van der Waals surface area contributed by atoms with E-state index in [4.69, 9.17) is 15.6 Å². The number of aryl methyl sites for hydroxylation is 1. The average molecular weight is 386 g/mol. The first-order chi connectivity index (χ1) is 12.6. The molecule has 144 valence electrons. The van der Waals surface area contributed by atoms with Crippen molar-refractivity contribution in [1.29, 1.82) is 0 Å². The molecule has 27 heavy (non-hydrogen) atoms. The minimum atomic E-state index is 0. The molecule has 1 heterocycles. The molecular formula is C22H28ClN3O. The summed E-state index contributed by atoms with van der Waals surface area (Å²) in [4.78, 5) is 0. The zero-order valence-electron chi connectivity index (χ0n) is 16.2. The van der Waals surface area contributed by atoms with Gasteiger partial charge in [-0.2, -0.15) is 5.10 Å². The van der Waals surface area contributed by atoms with Gasteiger partial charge in [-0.25, -0.2) is 4.68 Å². The Morgan fingerprint density at radius 3 is 2.48 bits per heavy atom.